The quantitative estimate of drug-likeness (QED) is 0.734. The van der Waals surface area contributed by atoms with E-state index in [1.165, 1.54) is 18.2 Å². The number of benzene rings is 1. The molecule has 1 saturated heterocycles. The number of aromatic nitrogens is 3. The molecule has 1 fully saturated rings. The molecule has 146 valence electrons. The molecule has 6 nitrogen and oxygen atoms in total. The van der Waals surface area contributed by atoms with Gasteiger partial charge in [0.1, 0.15) is 5.75 Å². The molecule has 1 aromatic heterocycles. The third-order valence-corrected chi connectivity index (χ3v) is 6.12. The molecule has 2 aromatic rings. The van der Waals surface area contributed by atoms with E-state index in [-0.39, 0.29) is 11.2 Å². The van der Waals surface area contributed by atoms with Gasteiger partial charge in [-0.1, -0.05) is 25.6 Å². The second-order valence-electron chi connectivity index (χ2n) is 7.54. The molecule has 3 rings (SSSR count). The highest BCUT2D eigenvalue weighted by Gasteiger charge is 2.29. The minimum atomic E-state index is -0.186. The zero-order valence-electron chi connectivity index (χ0n) is 16.7. The minimum Gasteiger partial charge on any atom is -0.497 e. The van der Waals surface area contributed by atoms with Gasteiger partial charge in [-0.05, 0) is 49.4 Å². The van der Waals surface area contributed by atoms with Gasteiger partial charge in [0.05, 0.1) is 12.4 Å². The summed E-state index contributed by atoms with van der Waals surface area (Å²) < 4.78 is 7.15. The maximum atomic E-state index is 12.9. The summed E-state index contributed by atoms with van der Waals surface area (Å²) in [6.45, 7) is 8.10. The second kappa shape index (κ2) is 8.33. The Labute approximate surface area is 165 Å². The van der Waals surface area contributed by atoms with E-state index in [0.717, 1.165) is 35.4 Å². The van der Waals surface area contributed by atoms with Crippen LogP contribution in [0.4, 0.5) is 0 Å². The summed E-state index contributed by atoms with van der Waals surface area (Å²) in [7, 11) is 3.58. The van der Waals surface area contributed by atoms with Crippen LogP contribution in [0.5, 0.6) is 5.75 Å². The Morgan fingerprint density at radius 3 is 2.41 bits per heavy atom. The lowest BCUT2D eigenvalue weighted by atomic mass is 9.92. The number of thioether (sulfide) groups is 1. The average molecular weight is 389 g/mol. The van der Waals surface area contributed by atoms with Crippen LogP contribution in [0.3, 0.4) is 0 Å². The molecule has 1 aromatic carbocycles. The van der Waals surface area contributed by atoms with Crippen molar-refractivity contribution < 1.29 is 9.53 Å². The van der Waals surface area contributed by atoms with E-state index in [0.29, 0.717) is 11.8 Å². The maximum Gasteiger partial charge on any atom is 0.235 e. The molecule has 0 saturated carbocycles. The Hall–Kier alpha value is -2.02. The van der Waals surface area contributed by atoms with Crippen molar-refractivity contribution in [2.24, 2.45) is 18.9 Å². The summed E-state index contributed by atoms with van der Waals surface area (Å²) in [6, 6.07) is 7.73. The Morgan fingerprint density at radius 2 is 1.81 bits per heavy atom. The number of likely N-dealkylation sites (tertiary alicyclic amines) is 1. The van der Waals surface area contributed by atoms with Gasteiger partial charge in [0.25, 0.3) is 0 Å². The van der Waals surface area contributed by atoms with Gasteiger partial charge in [0.15, 0.2) is 11.0 Å². The molecule has 0 radical (unpaired) electrons. The molecule has 0 N–H and O–H groups in total. The van der Waals surface area contributed by atoms with Crippen molar-refractivity contribution in [1.29, 1.82) is 0 Å². The van der Waals surface area contributed by atoms with E-state index in [4.69, 9.17) is 4.74 Å². The minimum absolute atomic E-state index is 0.186. The van der Waals surface area contributed by atoms with Gasteiger partial charge in [-0.25, -0.2) is 0 Å². The van der Waals surface area contributed by atoms with Crippen LogP contribution in [0.25, 0.3) is 11.4 Å². The zero-order valence-corrected chi connectivity index (χ0v) is 17.5. The van der Waals surface area contributed by atoms with Crippen LogP contribution in [-0.4, -0.2) is 51.0 Å². The van der Waals surface area contributed by atoms with Crippen LogP contribution in [0.1, 0.15) is 27.2 Å². The van der Waals surface area contributed by atoms with E-state index in [2.05, 4.69) is 24.0 Å². The van der Waals surface area contributed by atoms with Crippen molar-refractivity contribution in [2.75, 3.05) is 20.2 Å². The highest BCUT2D eigenvalue weighted by Crippen LogP contribution is 2.29. The molecule has 27 heavy (non-hydrogen) atoms. The van der Waals surface area contributed by atoms with Gasteiger partial charge in [0.2, 0.25) is 5.91 Å². The van der Waals surface area contributed by atoms with E-state index < -0.39 is 0 Å². The van der Waals surface area contributed by atoms with Crippen LogP contribution < -0.4 is 4.74 Å². The van der Waals surface area contributed by atoms with Crippen molar-refractivity contribution in [3.63, 3.8) is 0 Å². The standard InChI is InChI=1S/C20H28N4O2S/c1-13-10-14(2)12-24(11-13)19(25)15(3)27-20-22-21-18(23(20)4)16-6-8-17(26-5)9-7-16/h6-9,13-15H,10-12H2,1-5H3. The molecular formula is C20H28N4O2S. The van der Waals surface area contributed by atoms with Crippen LogP contribution in [0.2, 0.25) is 0 Å². The molecule has 3 atom stereocenters. The van der Waals surface area contributed by atoms with Crippen molar-refractivity contribution >= 4 is 17.7 Å². The molecule has 0 spiro atoms. The lowest BCUT2D eigenvalue weighted by molar-refractivity contribution is -0.132. The first-order valence-corrected chi connectivity index (χ1v) is 10.3. The Bertz CT molecular complexity index is 780. The third-order valence-electron chi connectivity index (χ3n) is 4.99. The lowest BCUT2D eigenvalue weighted by Gasteiger charge is -2.36. The fourth-order valence-electron chi connectivity index (χ4n) is 3.72. The maximum absolute atomic E-state index is 12.9. The molecule has 2 heterocycles. The predicted octanol–water partition coefficient (Wildman–Crippen LogP) is 3.48. The normalized spacial score (nSPS) is 21.1. The smallest absolute Gasteiger partial charge is 0.235 e. The number of hydrogen-bond acceptors (Lipinski definition) is 5. The van der Waals surface area contributed by atoms with Gasteiger partial charge in [0, 0.05) is 25.7 Å². The SMILES string of the molecule is COc1ccc(-c2nnc(SC(C)C(=O)N3CC(C)CC(C)C3)n2C)cc1. The van der Waals surface area contributed by atoms with E-state index >= 15 is 0 Å². The molecule has 1 aliphatic heterocycles. The molecule has 1 amide bonds. The first-order chi connectivity index (χ1) is 12.9. The Kier molecular flexibility index (Phi) is 6.09. The number of ether oxygens (including phenoxy) is 1. The van der Waals surface area contributed by atoms with Crippen LogP contribution in [0.15, 0.2) is 29.4 Å². The number of amides is 1. The first kappa shape index (κ1) is 19.7. The van der Waals surface area contributed by atoms with Crippen molar-refractivity contribution in [2.45, 2.75) is 37.6 Å². The van der Waals surface area contributed by atoms with Crippen LogP contribution >= 0.6 is 11.8 Å². The van der Waals surface area contributed by atoms with Crippen LogP contribution in [-0.2, 0) is 11.8 Å². The zero-order chi connectivity index (χ0) is 19.6. The predicted molar refractivity (Wildman–Crippen MR) is 108 cm³/mol. The molecule has 0 aliphatic carbocycles. The molecule has 1 aliphatic rings. The summed E-state index contributed by atoms with van der Waals surface area (Å²) >= 11 is 1.47. The number of carbonyl (C=O) groups is 1. The van der Waals surface area contributed by atoms with Gasteiger partial charge in [-0.3, -0.25) is 4.79 Å². The fourth-order valence-corrected chi connectivity index (χ4v) is 4.62. The summed E-state index contributed by atoms with van der Waals surface area (Å²) in [6.07, 6.45) is 1.19. The summed E-state index contributed by atoms with van der Waals surface area (Å²) in [5.74, 6) is 2.89. The third kappa shape index (κ3) is 4.46. The Balaban J connectivity index is 1.70. The van der Waals surface area contributed by atoms with E-state index in [9.17, 15) is 4.79 Å². The molecule has 7 heteroatoms. The number of piperidine rings is 1. The summed E-state index contributed by atoms with van der Waals surface area (Å²) in [4.78, 5) is 14.9. The largest absolute Gasteiger partial charge is 0.497 e. The summed E-state index contributed by atoms with van der Waals surface area (Å²) in [5.41, 5.74) is 0.968. The van der Waals surface area contributed by atoms with Crippen molar-refractivity contribution in [3.8, 4) is 17.1 Å². The van der Waals surface area contributed by atoms with Gasteiger partial charge in [-0.2, -0.15) is 0 Å². The van der Waals surface area contributed by atoms with Crippen LogP contribution in [0, 0.1) is 11.8 Å². The monoisotopic (exact) mass is 388 g/mol. The van der Waals surface area contributed by atoms with E-state index in [1.807, 2.05) is 47.7 Å². The molecular weight excluding hydrogens is 360 g/mol. The molecule has 0 bridgehead atoms. The fraction of sp³-hybridized carbons (Fsp3) is 0.550. The lowest BCUT2D eigenvalue weighted by Crippen LogP contribution is -2.45. The summed E-state index contributed by atoms with van der Waals surface area (Å²) in [5, 5.41) is 9.19. The highest BCUT2D eigenvalue weighted by atomic mass is 32.2. The number of rotatable bonds is 5. The molecule has 3 unspecified atom stereocenters. The van der Waals surface area contributed by atoms with Crippen molar-refractivity contribution in [3.05, 3.63) is 24.3 Å². The van der Waals surface area contributed by atoms with Gasteiger partial charge in [-0.15, -0.1) is 10.2 Å². The van der Waals surface area contributed by atoms with Gasteiger partial charge >= 0.3 is 0 Å². The topological polar surface area (TPSA) is 60.3 Å². The average Bonchev–Trinajstić information content (AvgIpc) is 3.00. The Morgan fingerprint density at radius 1 is 1.19 bits per heavy atom. The number of nitrogens with zero attached hydrogens (tertiary/aromatic N) is 4. The number of methoxy groups -OCH3 is 1. The van der Waals surface area contributed by atoms with Crippen molar-refractivity contribution in [1.82, 2.24) is 19.7 Å². The van der Waals surface area contributed by atoms with Gasteiger partial charge < -0.3 is 14.2 Å². The number of carbonyl (C=O) groups excluding carboxylic acids is 1. The number of hydrogen-bond donors (Lipinski definition) is 0. The highest BCUT2D eigenvalue weighted by molar-refractivity contribution is 8.00. The van der Waals surface area contributed by atoms with E-state index in [1.54, 1.807) is 7.11 Å². The first-order valence-electron chi connectivity index (χ1n) is 9.38. The second-order valence-corrected chi connectivity index (χ2v) is 8.85.